The first kappa shape index (κ1) is 23.5. The van der Waals surface area contributed by atoms with Crippen molar-refractivity contribution >= 4 is 29.5 Å². The summed E-state index contributed by atoms with van der Waals surface area (Å²) in [4.78, 5) is 12.8. The number of hydrogen-bond donors (Lipinski definition) is 1. The van der Waals surface area contributed by atoms with Crippen LogP contribution in [0.3, 0.4) is 0 Å². The first-order valence-electron chi connectivity index (χ1n) is 10.2. The molecule has 0 unspecified atom stereocenters. The third kappa shape index (κ3) is 6.09. The highest BCUT2D eigenvalue weighted by molar-refractivity contribution is 8.04. The lowest BCUT2D eigenvalue weighted by Crippen LogP contribution is -2.26. The van der Waals surface area contributed by atoms with Gasteiger partial charge in [-0.3, -0.25) is 4.79 Å². The van der Waals surface area contributed by atoms with Crippen molar-refractivity contribution in [1.82, 2.24) is 0 Å². The van der Waals surface area contributed by atoms with Gasteiger partial charge in [-0.05, 0) is 35.8 Å². The number of methoxy groups -OCH3 is 1. The van der Waals surface area contributed by atoms with Crippen LogP contribution < -0.4 is 0 Å². The lowest BCUT2D eigenvalue weighted by molar-refractivity contribution is -0.137. The predicted molar refractivity (Wildman–Crippen MR) is 122 cm³/mol. The van der Waals surface area contributed by atoms with E-state index in [0.29, 0.717) is 22.0 Å². The molecule has 0 heterocycles. The van der Waals surface area contributed by atoms with Crippen molar-refractivity contribution in [1.29, 1.82) is 0 Å². The number of phenols is 1. The Morgan fingerprint density at radius 3 is 2.00 bits per heavy atom. The Kier molecular flexibility index (Phi) is 7.83. The first-order chi connectivity index (χ1) is 12.9. The average Bonchev–Trinajstić information content (AvgIpc) is 2.60. The Bertz CT molecular complexity index is 651. The second-order valence-corrected chi connectivity index (χ2v) is 12.3. The van der Waals surface area contributed by atoms with Gasteiger partial charge in [0.15, 0.2) is 0 Å². The maximum Gasteiger partial charge on any atom is 0.315 e. The van der Waals surface area contributed by atoms with Crippen LogP contribution in [0.1, 0.15) is 78.4 Å². The van der Waals surface area contributed by atoms with Gasteiger partial charge in [-0.15, -0.1) is 23.5 Å². The number of phenolic OH excluding ortho intramolecular Hbond substituents is 1. The van der Waals surface area contributed by atoms with Gasteiger partial charge in [0.1, 0.15) is 5.75 Å². The summed E-state index contributed by atoms with van der Waals surface area (Å²) in [6.07, 6.45) is 4.78. The molecule has 1 aromatic carbocycles. The zero-order valence-corrected chi connectivity index (χ0v) is 20.1. The highest BCUT2D eigenvalue weighted by atomic mass is 32.2. The number of ether oxygens (including phenoxy) is 1. The number of benzene rings is 1. The topological polar surface area (TPSA) is 46.5 Å². The molecule has 0 amide bonds. The van der Waals surface area contributed by atoms with E-state index in [0.717, 1.165) is 17.5 Å². The third-order valence-corrected chi connectivity index (χ3v) is 8.21. The molecule has 2 atom stereocenters. The minimum absolute atomic E-state index is 0.119. The van der Waals surface area contributed by atoms with Crippen molar-refractivity contribution in [2.45, 2.75) is 93.5 Å². The van der Waals surface area contributed by atoms with Gasteiger partial charge in [-0.2, -0.15) is 0 Å². The van der Waals surface area contributed by atoms with E-state index in [9.17, 15) is 9.90 Å². The highest BCUT2D eigenvalue weighted by Gasteiger charge is 2.30. The van der Waals surface area contributed by atoms with E-state index in [2.05, 4.69) is 53.7 Å². The number of aromatic hydroxyl groups is 1. The Morgan fingerprint density at radius 2 is 1.54 bits per heavy atom. The number of thioether (sulfide) groups is 2. The number of hydrogen-bond acceptors (Lipinski definition) is 5. The normalized spacial score (nSPS) is 20.8. The summed E-state index contributed by atoms with van der Waals surface area (Å²) in [6, 6.07) is 4.34. The molecular weight excluding hydrogens is 388 g/mol. The smallest absolute Gasteiger partial charge is 0.315 e. The van der Waals surface area contributed by atoms with Crippen LogP contribution in [0.25, 0.3) is 0 Å². The molecule has 3 nitrogen and oxygen atoms in total. The molecule has 1 saturated carbocycles. The van der Waals surface area contributed by atoms with Gasteiger partial charge in [0.05, 0.1) is 12.9 Å². The van der Waals surface area contributed by atoms with Crippen LogP contribution >= 0.6 is 23.5 Å². The molecule has 0 aliphatic heterocycles. The van der Waals surface area contributed by atoms with Gasteiger partial charge in [0.25, 0.3) is 0 Å². The van der Waals surface area contributed by atoms with Gasteiger partial charge in [0.2, 0.25) is 0 Å². The van der Waals surface area contributed by atoms with Gasteiger partial charge < -0.3 is 9.84 Å². The summed E-state index contributed by atoms with van der Waals surface area (Å²) < 4.78 is 4.82. The second-order valence-electron chi connectivity index (χ2n) is 9.73. The number of carbonyl (C=O) groups excluding carboxylic acids is 1. The van der Waals surface area contributed by atoms with E-state index in [1.54, 1.807) is 11.8 Å². The summed E-state index contributed by atoms with van der Waals surface area (Å²) in [5.41, 5.74) is 1.78. The Hall–Kier alpha value is -0.810. The summed E-state index contributed by atoms with van der Waals surface area (Å²) >= 11 is 3.65. The monoisotopic (exact) mass is 424 g/mol. The van der Waals surface area contributed by atoms with Crippen molar-refractivity contribution in [3.63, 3.8) is 0 Å². The predicted octanol–water partition coefficient (Wildman–Crippen LogP) is 6.30. The average molecular weight is 425 g/mol. The first-order valence-corrected chi connectivity index (χ1v) is 12.1. The van der Waals surface area contributed by atoms with E-state index in [4.69, 9.17) is 4.74 Å². The SMILES string of the molecule is COC(=O)CS[C@@H]1CCCC[C@H]1Sc1cc(C(C)(C)C)c(O)c(C(C)(C)C)c1. The van der Waals surface area contributed by atoms with Crippen LogP contribution in [-0.2, 0) is 20.4 Å². The fraction of sp³-hybridized carbons (Fsp3) is 0.696. The molecule has 1 aromatic rings. The molecular formula is C23H36O3S2. The van der Waals surface area contributed by atoms with Gasteiger partial charge in [-0.25, -0.2) is 0 Å². The molecule has 1 fully saturated rings. The number of rotatable bonds is 5. The van der Waals surface area contributed by atoms with E-state index in [1.165, 1.54) is 31.3 Å². The van der Waals surface area contributed by atoms with E-state index >= 15 is 0 Å². The number of esters is 1. The van der Waals surface area contributed by atoms with E-state index in [1.807, 2.05) is 11.8 Å². The summed E-state index contributed by atoms with van der Waals surface area (Å²) in [6.45, 7) is 12.9. The molecule has 0 aromatic heterocycles. The van der Waals surface area contributed by atoms with E-state index < -0.39 is 0 Å². The molecule has 5 heteroatoms. The van der Waals surface area contributed by atoms with Crippen molar-refractivity contribution in [2.24, 2.45) is 0 Å². The van der Waals surface area contributed by atoms with Crippen LogP contribution in [-0.4, -0.2) is 34.4 Å². The minimum atomic E-state index is -0.144. The van der Waals surface area contributed by atoms with Crippen molar-refractivity contribution < 1.29 is 14.6 Å². The Labute approximate surface area is 179 Å². The van der Waals surface area contributed by atoms with Crippen LogP contribution in [0.4, 0.5) is 0 Å². The molecule has 28 heavy (non-hydrogen) atoms. The lowest BCUT2D eigenvalue weighted by atomic mass is 9.79. The molecule has 1 N–H and O–H groups in total. The largest absolute Gasteiger partial charge is 0.507 e. The second kappa shape index (κ2) is 9.34. The standard InChI is InChI=1S/C23H36O3S2/c1-22(2,3)16-12-15(13-17(21(16)25)23(4,5)6)28-19-11-9-8-10-18(19)27-14-20(24)26-7/h12-13,18-19,25H,8-11,14H2,1-7H3/t18-,19-/m1/s1. The summed E-state index contributed by atoms with van der Waals surface area (Å²) in [7, 11) is 1.45. The molecule has 0 bridgehead atoms. The Balaban J connectivity index is 2.31. The van der Waals surface area contributed by atoms with Gasteiger partial charge >= 0.3 is 5.97 Å². The van der Waals surface area contributed by atoms with E-state index in [-0.39, 0.29) is 16.8 Å². The minimum Gasteiger partial charge on any atom is -0.507 e. The quantitative estimate of drug-likeness (QED) is 0.562. The molecule has 2 rings (SSSR count). The van der Waals surface area contributed by atoms with Crippen molar-refractivity contribution in [2.75, 3.05) is 12.9 Å². The third-order valence-electron chi connectivity index (χ3n) is 5.27. The number of carbonyl (C=O) groups is 1. The van der Waals surface area contributed by atoms with Crippen LogP contribution in [0, 0.1) is 0 Å². The fourth-order valence-electron chi connectivity index (χ4n) is 3.62. The van der Waals surface area contributed by atoms with Crippen molar-refractivity contribution in [3.05, 3.63) is 23.3 Å². The van der Waals surface area contributed by atoms with Crippen LogP contribution in [0.5, 0.6) is 5.75 Å². The highest BCUT2D eigenvalue weighted by Crippen LogP contribution is 2.45. The maximum atomic E-state index is 11.6. The molecule has 0 radical (unpaired) electrons. The zero-order valence-electron chi connectivity index (χ0n) is 18.4. The molecule has 0 spiro atoms. The molecule has 0 saturated heterocycles. The van der Waals surface area contributed by atoms with Crippen molar-refractivity contribution in [3.8, 4) is 5.75 Å². The lowest BCUT2D eigenvalue weighted by Gasteiger charge is -2.32. The summed E-state index contributed by atoms with van der Waals surface area (Å²) in [5.74, 6) is 0.715. The molecule has 158 valence electrons. The zero-order chi connectivity index (χ0) is 21.1. The Morgan fingerprint density at radius 1 is 1.04 bits per heavy atom. The summed E-state index contributed by atoms with van der Waals surface area (Å²) in [5, 5.41) is 11.9. The molecule has 1 aliphatic rings. The molecule has 1 aliphatic carbocycles. The van der Waals surface area contributed by atoms with Crippen LogP contribution in [0.15, 0.2) is 17.0 Å². The van der Waals surface area contributed by atoms with Crippen LogP contribution in [0.2, 0.25) is 0 Å². The maximum absolute atomic E-state index is 11.6. The van der Waals surface area contributed by atoms with Gasteiger partial charge in [-0.1, -0.05) is 54.4 Å². The fourth-order valence-corrected chi connectivity index (χ4v) is 6.46. The van der Waals surface area contributed by atoms with Gasteiger partial charge in [0, 0.05) is 26.5 Å².